The van der Waals surface area contributed by atoms with Crippen molar-refractivity contribution >= 4 is 17.5 Å². The number of rotatable bonds is 5. The predicted octanol–water partition coefficient (Wildman–Crippen LogP) is 2.16. The second-order valence-electron chi connectivity index (χ2n) is 5.15. The molecule has 2 N–H and O–H groups in total. The van der Waals surface area contributed by atoms with E-state index in [2.05, 4.69) is 10.9 Å². The van der Waals surface area contributed by atoms with E-state index in [-0.39, 0.29) is 12.1 Å². The number of hydrogen-bond acceptors (Lipinski definition) is 4. The molecule has 0 aliphatic rings. The molecule has 0 saturated carbocycles. The lowest BCUT2D eigenvalue weighted by atomic mass is 10.1. The smallest absolute Gasteiger partial charge is 0.269 e. The molecule has 124 valence electrons. The lowest BCUT2D eigenvalue weighted by Gasteiger charge is -2.08. The van der Waals surface area contributed by atoms with Crippen LogP contribution < -0.4 is 10.9 Å². The first kappa shape index (κ1) is 17.1. The van der Waals surface area contributed by atoms with Crippen LogP contribution in [0.5, 0.6) is 0 Å². The number of carbonyl (C=O) groups excluding carboxylic acids is 2. The first-order valence-corrected chi connectivity index (χ1v) is 7.41. The second-order valence-corrected chi connectivity index (χ2v) is 5.15. The van der Waals surface area contributed by atoms with Crippen LogP contribution in [0.2, 0.25) is 0 Å². The van der Waals surface area contributed by atoms with E-state index in [4.69, 9.17) is 0 Å². The topological polar surface area (TPSA) is 101 Å². The van der Waals surface area contributed by atoms with Crippen molar-refractivity contribution < 1.29 is 14.5 Å². The van der Waals surface area contributed by atoms with Gasteiger partial charge in [-0.05, 0) is 29.7 Å². The number of hydrazine groups is 1. The molecule has 0 aromatic heterocycles. The van der Waals surface area contributed by atoms with E-state index in [9.17, 15) is 19.7 Å². The lowest BCUT2D eigenvalue weighted by Crippen LogP contribution is -2.42. The molecule has 24 heavy (non-hydrogen) atoms. The number of non-ortho nitro benzene ring substituents is 1. The van der Waals surface area contributed by atoms with Gasteiger partial charge in [0.25, 0.3) is 11.6 Å². The number of nitro benzene ring substituents is 1. The number of amides is 2. The minimum absolute atomic E-state index is 0.00699. The highest BCUT2D eigenvalue weighted by Crippen LogP contribution is 2.12. The summed E-state index contributed by atoms with van der Waals surface area (Å²) in [6, 6.07) is 12.8. The number of carbonyl (C=O) groups is 2. The van der Waals surface area contributed by atoms with Crippen LogP contribution >= 0.6 is 0 Å². The van der Waals surface area contributed by atoms with Gasteiger partial charge >= 0.3 is 0 Å². The van der Waals surface area contributed by atoms with Crippen molar-refractivity contribution in [1.82, 2.24) is 10.9 Å². The van der Waals surface area contributed by atoms with E-state index in [1.165, 1.54) is 24.3 Å². The molecule has 0 heterocycles. The number of aryl methyl sites for hydroxylation is 1. The fourth-order valence-electron chi connectivity index (χ4n) is 2.06. The molecule has 0 aliphatic carbocycles. The van der Waals surface area contributed by atoms with Crippen molar-refractivity contribution in [3.8, 4) is 0 Å². The number of hydrogen-bond donors (Lipinski definition) is 2. The van der Waals surface area contributed by atoms with Crippen LogP contribution in [0.15, 0.2) is 48.5 Å². The third-order valence-corrected chi connectivity index (χ3v) is 3.45. The van der Waals surface area contributed by atoms with Gasteiger partial charge < -0.3 is 0 Å². The molecule has 2 amide bonds. The summed E-state index contributed by atoms with van der Waals surface area (Å²) in [5, 5.41) is 10.6. The maximum Gasteiger partial charge on any atom is 0.269 e. The van der Waals surface area contributed by atoms with Gasteiger partial charge in [-0.15, -0.1) is 0 Å². The van der Waals surface area contributed by atoms with Gasteiger partial charge in [0, 0.05) is 17.7 Å². The van der Waals surface area contributed by atoms with Crippen LogP contribution in [0, 0.1) is 10.1 Å². The summed E-state index contributed by atoms with van der Waals surface area (Å²) >= 11 is 0. The Balaban J connectivity index is 1.85. The fraction of sp³-hybridized carbons (Fsp3) is 0.176. The molecule has 0 saturated heterocycles. The van der Waals surface area contributed by atoms with Gasteiger partial charge in [-0.25, -0.2) is 0 Å². The third-order valence-electron chi connectivity index (χ3n) is 3.45. The minimum atomic E-state index is -0.506. The molecule has 0 atom stereocenters. The quantitative estimate of drug-likeness (QED) is 0.649. The second kappa shape index (κ2) is 7.87. The van der Waals surface area contributed by atoms with Gasteiger partial charge in [0.05, 0.1) is 11.3 Å². The van der Waals surface area contributed by atoms with Crippen LogP contribution in [0.1, 0.15) is 28.4 Å². The first-order valence-electron chi connectivity index (χ1n) is 7.41. The summed E-state index contributed by atoms with van der Waals surface area (Å²) in [7, 11) is 0. The van der Waals surface area contributed by atoms with E-state index in [1.54, 1.807) is 12.1 Å². The van der Waals surface area contributed by atoms with Crippen molar-refractivity contribution in [3.63, 3.8) is 0 Å². The summed E-state index contributed by atoms with van der Waals surface area (Å²) in [6.45, 7) is 2.02. The Hall–Kier alpha value is -3.22. The van der Waals surface area contributed by atoms with Gasteiger partial charge in [0.2, 0.25) is 5.91 Å². The van der Waals surface area contributed by atoms with E-state index in [0.29, 0.717) is 11.1 Å². The maximum atomic E-state index is 11.9. The van der Waals surface area contributed by atoms with E-state index < -0.39 is 16.7 Å². The Morgan fingerprint density at radius 1 is 0.958 bits per heavy atom. The largest absolute Gasteiger partial charge is 0.273 e. The molecule has 0 fully saturated rings. The Morgan fingerprint density at radius 2 is 1.54 bits per heavy atom. The summed E-state index contributed by atoms with van der Waals surface area (Å²) in [4.78, 5) is 33.8. The average molecular weight is 327 g/mol. The molecule has 2 aromatic carbocycles. The highest BCUT2D eigenvalue weighted by atomic mass is 16.6. The zero-order valence-electron chi connectivity index (χ0n) is 13.1. The Morgan fingerprint density at radius 3 is 2.08 bits per heavy atom. The lowest BCUT2D eigenvalue weighted by molar-refractivity contribution is -0.384. The fourth-order valence-corrected chi connectivity index (χ4v) is 2.06. The molecule has 7 nitrogen and oxygen atoms in total. The van der Waals surface area contributed by atoms with Crippen molar-refractivity contribution in [2.75, 3.05) is 0 Å². The zero-order chi connectivity index (χ0) is 17.5. The molecule has 0 spiro atoms. The molecule has 0 bridgehead atoms. The zero-order valence-corrected chi connectivity index (χ0v) is 13.1. The number of benzene rings is 2. The number of nitro groups is 1. The molecule has 7 heteroatoms. The van der Waals surface area contributed by atoms with Crippen molar-refractivity contribution in [3.05, 3.63) is 75.3 Å². The Labute approximate surface area is 138 Å². The molecule has 2 rings (SSSR count). The monoisotopic (exact) mass is 327 g/mol. The minimum Gasteiger partial charge on any atom is -0.273 e. The van der Waals surface area contributed by atoms with E-state index >= 15 is 0 Å². The Bertz CT molecular complexity index is 739. The van der Waals surface area contributed by atoms with Gasteiger partial charge in [0.15, 0.2) is 0 Å². The SMILES string of the molecule is CCc1ccc(C(=O)NNC(=O)Cc2ccc([N+](=O)[O-])cc2)cc1. The molecule has 0 unspecified atom stereocenters. The van der Waals surface area contributed by atoms with Gasteiger partial charge in [0.1, 0.15) is 0 Å². The van der Waals surface area contributed by atoms with Crippen molar-refractivity contribution in [2.24, 2.45) is 0 Å². The van der Waals surface area contributed by atoms with Crippen LogP contribution in [-0.2, 0) is 17.6 Å². The molecule has 0 radical (unpaired) electrons. The van der Waals surface area contributed by atoms with Crippen LogP contribution in [0.3, 0.4) is 0 Å². The standard InChI is InChI=1S/C17H17N3O4/c1-2-12-3-7-14(8-4-12)17(22)19-18-16(21)11-13-5-9-15(10-6-13)20(23)24/h3-10H,2,11H2,1H3,(H,18,21)(H,19,22). The van der Waals surface area contributed by atoms with E-state index in [0.717, 1.165) is 12.0 Å². The summed E-state index contributed by atoms with van der Waals surface area (Å²) in [6.07, 6.45) is 0.890. The molecule has 0 aliphatic heterocycles. The summed E-state index contributed by atoms with van der Waals surface area (Å²) in [5.41, 5.74) is 6.80. The Kier molecular flexibility index (Phi) is 5.62. The summed E-state index contributed by atoms with van der Waals surface area (Å²) in [5.74, 6) is -0.822. The maximum absolute atomic E-state index is 11.9. The molecular weight excluding hydrogens is 310 g/mol. The average Bonchev–Trinajstić information content (AvgIpc) is 2.60. The van der Waals surface area contributed by atoms with Crippen molar-refractivity contribution in [2.45, 2.75) is 19.8 Å². The molecular formula is C17H17N3O4. The summed E-state index contributed by atoms with van der Waals surface area (Å²) < 4.78 is 0. The normalized spacial score (nSPS) is 10.0. The number of nitrogens with zero attached hydrogens (tertiary/aromatic N) is 1. The van der Waals surface area contributed by atoms with Gasteiger partial charge in [-0.2, -0.15) is 0 Å². The van der Waals surface area contributed by atoms with Gasteiger partial charge in [-0.1, -0.05) is 31.2 Å². The third kappa shape index (κ3) is 4.64. The van der Waals surface area contributed by atoms with Crippen molar-refractivity contribution in [1.29, 1.82) is 0 Å². The first-order chi connectivity index (χ1) is 11.5. The highest BCUT2D eigenvalue weighted by molar-refractivity contribution is 5.95. The van der Waals surface area contributed by atoms with Crippen LogP contribution in [0.4, 0.5) is 5.69 Å². The highest BCUT2D eigenvalue weighted by Gasteiger charge is 2.09. The van der Waals surface area contributed by atoms with Crippen LogP contribution in [-0.4, -0.2) is 16.7 Å². The van der Waals surface area contributed by atoms with Gasteiger partial charge in [-0.3, -0.25) is 30.6 Å². The molecule has 2 aromatic rings. The van der Waals surface area contributed by atoms with Crippen LogP contribution in [0.25, 0.3) is 0 Å². The van der Waals surface area contributed by atoms with E-state index in [1.807, 2.05) is 19.1 Å². The predicted molar refractivity (Wildman–Crippen MR) is 88.2 cm³/mol. The number of nitrogens with one attached hydrogen (secondary N) is 2.